The van der Waals surface area contributed by atoms with Gasteiger partial charge in [0, 0.05) is 25.8 Å². The fraction of sp³-hybridized carbons (Fsp3) is 0.263. The molecule has 1 atom stereocenters. The van der Waals surface area contributed by atoms with Gasteiger partial charge in [-0.3, -0.25) is 0 Å². The SMILES string of the molecule is COC1=CC=C(CN(c2ccncn2)S(=O)(=O)c2cc(Cl)c(N)cc2F)C(OC)C1. The van der Waals surface area contributed by atoms with Crippen LogP contribution in [0.5, 0.6) is 0 Å². The topological polar surface area (TPSA) is 108 Å². The molecule has 3 rings (SSSR count). The molecule has 1 aliphatic rings. The van der Waals surface area contributed by atoms with E-state index < -0.39 is 26.8 Å². The van der Waals surface area contributed by atoms with Gasteiger partial charge in [0.2, 0.25) is 0 Å². The monoisotopic (exact) mass is 454 g/mol. The largest absolute Gasteiger partial charge is 0.501 e. The molecule has 1 aromatic carbocycles. The van der Waals surface area contributed by atoms with Crippen LogP contribution in [0.1, 0.15) is 6.42 Å². The fourth-order valence-electron chi connectivity index (χ4n) is 2.98. The lowest BCUT2D eigenvalue weighted by Gasteiger charge is -2.29. The first-order chi connectivity index (χ1) is 14.3. The second kappa shape index (κ2) is 8.99. The molecule has 0 amide bonds. The maximum absolute atomic E-state index is 14.6. The summed E-state index contributed by atoms with van der Waals surface area (Å²) in [6, 6.07) is 3.27. The molecule has 0 saturated carbocycles. The Hall–Kier alpha value is -2.69. The molecule has 30 heavy (non-hydrogen) atoms. The van der Waals surface area contributed by atoms with E-state index in [1.807, 2.05) is 0 Å². The molecule has 11 heteroatoms. The molecule has 160 valence electrons. The van der Waals surface area contributed by atoms with Crippen LogP contribution in [-0.2, 0) is 19.5 Å². The first kappa shape index (κ1) is 22.0. The van der Waals surface area contributed by atoms with Gasteiger partial charge in [0.25, 0.3) is 10.0 Å². The predicted octanol–water partition coefficient (Wildman–Crippen LogP) is 2.92. The summed E-state index contributed by atoms with van der Waals surface area (Å²) in [5, 5.41) is -0.0723. The molecule has 0 saturated heterocycles. The number of halogens is 2. The van der Waals surface area contributed by atoms with E-state index in [1.54, 1.807) is 19.3 Å². The second-order valence-corrected chi connectivity index (χ2v) is 8.63. The highest BCUT2D eigenvalue weighted by Crippen LogP contribution is 2.31. The van der Waals surface area contributed by atoms with Crippen molar-refractivity contribution in [2.75, 3.05) is 30.8 Å². The highest BCUT2D eigenvalue weighted by molar-refractivity contribution is 7.92. The van der Waals surface area contributed by atoms with Crippen molar-refractivity contribution in [1.29, 1.82) is 0 Å². The summed E-state index contributed by atoms with van der Waals surface area (Å²) < 4.78 is 53.1. The van der Waals surface area contributed by atoms with Crippen LogP contribution < -0.4 is 10.0 Å². The average Bonchev–Trinajstić information content (AvgIpc) is 2.74. The highest BCUT2D eigenvalue weighted by Gasteiger charge is 2.32. The van der Waals surface area contributed by atoms with E-state index in [-0.39, 0.29) is 23.1 Å². The van der Waals surface area contributed by atoms with Crippen LogP contribution in [0.4, 0.5) is 15.9 Å². The molecule has 2 N–H and O–H groups in total. The molecule has 0 radical (unpaired) electrons. The molecule has 1 aliphatic carbocycles. The van der Waals surface area contributed by atoms with Gasteiger partial charge in [-0.2, -0.15) is 0 Å². The number of allylic oxidation sites excluding steroid dienone is 2. The molecule has 1 aromatic heterocycles. The van der Waals surface area contributed by atoms with Crippen molar-refractivity contribution in [2.24, 2.45) is 0 Å². The van der Waals surface area contributed by atoms with Crippen molar-refractivity contribution >= 4 is 33.1 Å². The highest BCUT2D eigenvalue weighted by atomic mass is 35.5. The zero-order chi connectivity index (χ0) is 21.9. The Morgan fingerprint density at radius 1 is 1.33 bits per heavy atom. The number of benzene rings is 1. The van der Waals surface area contributed by atoms with E-state index in [1.165, 1.54) is 25.7 Å². The van der Waals surface area contributed by atoms with Gasteiger partial charge >= 0.3 is 0 Å². The van der Waals surface area contributed by atoms with E-state index in [4.69, 9.17) is 26.8 Å². The van der Waals surface area contributed by atoms with E-state index in [2.05, 4.69) is 9.97 Å². The number of sulfonamides is 1. The second-order valence-electron chi connectivity index (χ2n) is 6.39. The first-order valence-corrected chi connectivity index (χ1v) is 10.6. The minimum Gasteiger partial charge on any atom is -0.501 e. The number of nitrogens with two attached hydrogens (primary N) is 1. The number of ether oxygens (including phenoxy) is 2. The summed E-state index contributed by atoms with van der Waals surface area (Å²) in [5.41, 5.74) is 6.17. The van der Waals surface area contributed by atoms with Crippen molar-refractivity contribution in [3.63, 3.8) is 0 Å². The zero-order valence-electron chi connectivity index (χ0n) is 16.2. The maximum atomic E-state index is 14.6. The number of methoxy groups -OCH3 is 2. The van der Waals surface area contributed by atoms with Gasteiger partial charge in [-0.05, 0) is 23.8 Å². The Kier molecular flexibility index (Phi) is 6.59. The molecule has 0 aliphatic heterocycles. The van der Waals surface area contributed by atoms with Gasteiger partial charge in [-0.25, -0.2) is 27.1 Å². The lowest BCUT2D eigenvalue weighted by molar-refractivity contribution is 0.111. The molecule has 0 bridgehead atoms. The maximum Gasteiger partial charge on any atom is 0.268 e. The van der Waals surface area contributed by atoms with E-state index >= 15 is 0 Å². The number of hydrogen-bond donors (Lipinski definition) is 1. The Morgan fingerprint density at radius 2 is 2.10 bits per heavy atom. The number of hydrogen-bond acceptors (Lipinski definition) is 7. The lowest BCUT2D eigenvalue weighted by atomic mass is 10.00. The van der Waals surface area contributed by atoms with Gasteiger partial charge < -0.3 is 15.2 Å². The Morgan fingerprint density at radius 3 is 2.73 bits per heavy atom. The predicted molar refractivity (Wildman–Crippen MR) is 111 cm³/mol. The van der Waals surface area contributed by atoms with Gasteiger partial charge in [0.05, 0.1) is 36.2 Å². The third-order valence-corrected chi connectivity index (χ3v) is 6.69. The standard InChI is InChI=1S/C19H20ClFN4O4S/c1-28-13-4-3-12(17(7-13)29-2)10-25(19-5-6-23-11-24-19)30(26,27)18-8-14(20)16(22)9-15(18)21/h3-6,8-9,11,17H,7,10,22H2,1-2H3. The number of aromatic nitrogens is 2. The summed E-state index contributed by atoms with van der Waals surface area (Å²) >= 11 is 5.96. The molecular weight excluding hydrogens is 435 g/mol. The Labute approximate surface area is 178 Å². The minimum absolute atomic E-state index is 0.0617. The van der Waals surface area contributed by atoms with Gasteiger partial charge in [0.1, 0.15) is 22.9 Å². The number of nitrogen functional groups attached to an aromatic ring is 1. The molecule has 0 spiro atoms. The molecule has 8 nitrogen and oxygen atoms in total. The van der Waals surface area contributed by atoms with Gasteiger partial charge in [0.15, 0.2) is 0 Å². The number of anilines is 2. The van der Waals surface area contributed by atoms with Gasteiger partial charge in [-0.1, -0.05) is 17.7 Å². The van der Waals surface area contributed by atoms with Crippen molar-refractivity contribution in [3.05, 3.63) is 65.0 Å². The van der Waals surface area contributed by atoms with Crippen molar-refractivity contribution in [1.82, 2.24) is 9.97 Å². The minimum atomic E-state index is -4.39. The summed E-state index contributed by atoms with van der Waals surface area (Å²) in [5.74, 6) is -0.258. The third kappa shape index (κ3) is 4.40. The van der Waals surface area contributed by atoms with Crippen LogP contribution in [0.15, 0.2) is 59.1 Å². The van der Waals surface area contributed by atoms with Crippen molar-refractivity contribution < 1.29 is 22.3 Å². The van der Waals surface area contributed by atoms with E-state index in [0.717, 1.165) is 16.4 Å². The number of rotatable bonds is 7. The zero-order valence-corrected chi connectivity index (χ0v) is 17.8. The van der Waals surface area contributed by atoms with Crippen LogP contribution in [0, 0.1) is 5.82 Å². The van der Waals surface area contributed by atoms with Crippen LogP contribution in [0.25, 0.3) is 0 Å². The quantitative estimate of drug-likeness (QED) is 0.641. The Balaban J connectivity index is 2.10. The summed E-state index contributed by atoms with van der Waals surface area (Å²) in [6.07, 6.45) is 6.05. The lowest BCUT2D eigenvalue weighted by Crippen LogP contribution is -2.37. The third-order valence-electron chi connectivity index (χ3n) is 4.60. The Bertz CT molecular complexity index is 1090. The van der Waals surface area contributed by atoms with Gasteiger partial charge in [-0.15, -0.1) is 0 Å². The normalized spacial score (nSPS) is 16.6. The molecule has 0 fully saturated rings. The fourth-order valence-corrected chi connectivity index (χ4v) is 4.69. The molecule has 1 heterocycles. The van der Waals surface area contributed by atoms with Crippen molar-refractivity contribution in [3.8, 4) is 0 Å². The summed E-state index contributed by atoms with van der Waals surface area (Å²) in [4.78, 5) is 7.24. The smallest absolute Gasteiger partial charge is 0.268 e. The summed E-state index contributed by atoms with van der Waals surface area (Å²) in [7, 11) is -1.34. The molecule has 1 unspecified atom stereocenters. The average molecular weight is 455 g/mol. The van der Waals surface area contributed by atoms with Crippen LogP contribution in [-0.4, -0.2) is 45.3 Å². The van der Waals surface area contributed by atoms with Crippen LogP contribution in [0.2, 0.25) is 5.02 Å². The van der Waals surface area contributed by atoms with Crippen LogP contribution in [0.3, 0.4) is 0 Å². The molecule has 2 aromatic rings. The van der Waals surface area contributed by atoms with Crippen molar-refractivity contribution in [2.45, 2.75) is 17.4 Å². The van der Waals surface area contributed by atoms with E-state index in [0.29, 0.717) is 17.8 Å². The van der Waals surface area contributed by atoms with E-state index in [9.17, 15) is 12.8 Å². The first-order valence-electron chi connectivity index (χ1n) is 8.77. The van der Waals surface area contributed by atoms with Crippen LogP contribution >= 0.6 is 11.6 Å². The number of nitrogens with zero attached hydrogens (tertiary/aromatic N) is 3. The summed E-state index contributed by atoms with van der Waals surface area (Å²) in [6.45, 7) is -0.132. The molecular formula is C19H20ClFN4O4S.